The maximum absolute atomic E-state index is 13.0. The quantitative estimate of drug-likeness (QED) is 0.409. The number of aryl methyl sites for hydroxylation is 2. The van der Waals surface area contributed by atoms with Gasteiger partial charge in [-0.25, -0.2) is 0 Å². The third-order valence-corrected chi connectivity index (χ3v) is 5.75. The molecule has 1 atom stereocenters. The predicted octanol–water partition coefficient (Wildman–Crippen LogP) is 4.39. The van der Waals surface area contributed by atoms with Gasteiger partial charge in [0.15, 0.2) is 0 Å². The minimum absolute atomic E-state index is 0.0959. The molecule has 1 aromatic carbocycles. The van der Waals surface area contributed by atoms with Crippen LogP contribution in [0, 0.1) is 13.8 Å². The number of ketones is 1. The third-order valence-electron chi connectivity index (χ3n) is 4.82. The number of rotatable bonds is 3. The van der Waals surface area contributed by atoms with Crippen molar-refractivity contribution >= 4 is 34.5 Å². The van der Waals surface area contributed by atoms with Gasteiger partial charge in [0, 0.05) is 28.5 Å². The van der Waals surface area contributed by atoms with E-state index in [9.17, 15) is 14.7 Å². The number of hydrogen-bond donors (Lipinski definition) is 1. The van der Waals surface area contributed by atoms with Crippen molar-refractivity contribution in [1.29, 1.82) is 0 Å². The highest BCUT2D eigenvalue weighted by molar-refractivity contribution is 7.10. The van der Waals surface area contributed by atoms with Crippen LogP contribution in [0.2, 0.25) is 0 Å². The molecule has 0 bridgehead atoms. The van der Waals surface area contributed by atoms with Gasteiger partial charge in [0.25, 0.3) is 11.7 Å². The Balaban J connectivity index is 1.95. The summed E-state index contributed by atoms with van der Waals surface area (Å²) in [4.78, 5) is 32.2. The average Bonchev–Trinajstić information content (AvgIpc) is 3.30. The van der Waals surface area contributed by atoms with Gasteiger partial charge in [0.1, 0.15) is 11.8 Å². The van der Waals surface area contributed by atoms with Crippen LogP contribution in [0.15, 0.2) is 65.8 Å². The van der Waals surface area contributed by atoms with Crippen molar-refractivity contribution in [2.24, 2.45) is 0 Å². The number of amides is 1. The summed E-state index contributed by atoms with van der Waals surface area (Å²) in [5.41, 5.74) is 3.18. The monoisotopic (exact) mass is 390 g/mol. The first kappa shape index (κ1) is 18.1. The van der Waals surface area contributed by atoms with Crippen LogP contribution in [0.4, 0.5) is 5.69 Å². The standard InChI is InChI=1S/C22H18N2O3S/c1-13-5-6-16(14(2)12-13)24-19(17-4-3-11-28-17)18(21(26)22(24)27)20(25)15-7-9-23-10-8-15/h3-12,19,25H,1-2H3/b20-18-. The molecule has 1 aliphatic heterocycles. The molecule has 28 heavy (non-hydrogen) atoms. The molecule has 1 saturated heterocycles. The van der Waals surface area contributed by atoms with Gasteiger partial charge in [-0.3, -0.25) is 19.5 Å². The van der Waals surface area contributed by atoms with E-state index in [4.69, 9.17) is 0 Å². The van der Waals surface area contributed by atoms with Gasteiger partial charge in [-0.2, -0.15) is 0 Å². The van der Waals surface area contributed by atoms with Crippen molar-refractivity contribution in [3.8, 4) is 0 Å². The Morgan fingerprint density at radius 1 is 1.11 bits per heavy atom. The zero-order chi connectivity index (χ0) is 19.8. The van der Waals surface area contributed by atoms with Crippen LogP contribution in [0.5, 0.6) is 0 Å². The lowest BCUT2D eigenvalue weighted by atomic mass is 10.00. The summed E-state index contributed by atoms with van der Waals surface area (Å²) >= 11 is 1.44. The van der Waals surface area contributed by atoms with E-state index in [0.29, 0.717) is 11.3 Å². The van der Waals surface area contributed by atoms with Gasteiger partial charge in [0.2, 0.25) is 0 Å². The fraction of sp³-hybridized carbons (Fsp3) is 0.136. The predicted molar refractivity (Wildman–Crippen MR) is 109 cm³/mol. The first-order chi connectivity index (χ1) is 13.5. The normalized spacial score (nSPS) is 18.6. The smallest absolute Gasteiger partial charge is 0.300 e. The molecule has 0 aliphatic carbocycles. The molecule has 5 nitrogen and oxygen atoms in total. The van der Waals surface area contributed by atoms with E-state index in [0.717, 1.165) is 16.0 Å². The summed E-state index contributed by atoms with van der Waals surface area (Å²) < 4.78 is 0. The number of nitrogens with zero attached hydrogens (tertiary/aromatic N) is 2. The molecule has 1 amide bonds. The second kappa shape index (κ2) is 7.05. The highest BCUT2D eigenvalue weighted by Gasteiger charge is 2.47. The van der Waals surface area contributed by atoms with E-state index >= 15 is 0 Å². The Kier molecular flexibility index (Phi) is 4.57. The Morgan fingerprint density at radius 2 is 1.86 bits per heavy atom. The molecule has 0 saturated carbocycles. The molecule has 1 unspecified atom stereocenters. The lowest BCUT2D eigenvalue weighted by Gasteiger charge is -2.25. The molecule has 1 aliphatic rings. The number of thiophene rings is 1. The number of aromatic nitrogens is 1. The minimum Gasteiger partial charge on any atom is -0.507 e. The zero-order valence-electron chi connectivity index (χ0n) is 15.4. The molecule has 2 aromatic heterocycles. The number of hydrogen-bond acceptors (Lipinski definition) is 5. The highest BCUT2D eigenvalue weighted by Crippen LogP contribution is 2.44. The molecule has 0 radical (unpaired) electrons. The van der Waals surface area contributed by atoms with Gasteiger partial charge in [-0.05, 0) is 49.1 Å². The molecule has 140 valence electrons. The van der Waals surface area contributed by atoms with Gasteiger partial charge >= 0.3 is 0 Å². The first-order valence-corrected chi connectivity index (χ1v) is 9.69. The Bertz CT molecular complexity index is 1090. The molecular formula is C22H18N2O3S. The molecule has 3 heterocycles. The summed E-state index contributed by atoms with van der Waals surface area (Å²) in [6, 6.07) is 12.0. The van der Waals surface area contributed by atoms with Crippen LogP contribution in [-0.2, 0) is 9.59 Å². The van der Waals surface area contributed by atoms with Gasteiger partial charge < -0.3 is 5.11 Å². The molecule has 0 spiro atoms. The van der Waals surface area contributed by atoms with Crippen LogP contribution in [0.1, 0.15) is 27.6 Å². The fourth-order valence-electron chi connectivity index (χ4n) is 3.54. The number of Topliss-reactive ketones (excluding diaryl/α,β-unsaturated/α-hetero) is 1. The summed E-state index contributed by atoms with van der Waals surface area (Å²) in [7, 11) is 0. The van der Waals surface area contributed by atoms with Crippen molar-refractivity contribution in [3.05, 3.63) is 87.4 Å². The summed E-state index contributed by atoms with van der Waals surface area (Å²) in [6.45, 7) is 3.89. The Hall–Kier alpha value is -3.25. The molecule has 1 N–H and O–H groups in total. The van der Waals surface area contributed by atoms with Gasteiger partial charge in [-0.1, -0.05) is 23.8 Å². The highest BCUT2D eigenvalue weighted by atomic mass is 32.1. The maximum atomic E-state index is 13.0. The number of aliphatic hydroxyl groups excluding tert-OH is 1. The van der Waals surface area contributed by atoms with E-state index in [-0.39, 0.29) is 11.3 Å². The van der Waals surface area contributed by atoms with Crippen molar-refractivity contribution in [2.45, 2.75) is 19.9 Å². The van der Waals surface area contributed by atoms with Crippen LogP contribution in [0.25, 0.3) is 5.76 Å². The van der Waals surface area contributed by atoms with Gasteiger partial charge in [-0.15, -0.1) is 11.3 Å². The number of anilines is 1. The lowest BCUT2D eigenvalue weighted by Crippen LogP contribution is -2.29. The fourth-order valence-corrected chi connectivity index (χ4v) is 4.36. The zero-order valence-corrected chi connectivity index (χ0v) is 16.2. The molecular weight excluding hydrogens is 372 g/mol. The van der Waals surface area contributed by atoms with Crippen LogP contribution in [-0.4, -0.2) is 21.8 Å². The number of carbonyl (C=O) groups excluding carboxylic acids is 2. The number of aliphatic hydroxyl groups is 1. The minimum atomic E-state index is -0.687. The molecule has 1 fully saturated rings. The van der Waals surface area contributed by atoms with E-state index in [1.807, 2.05) is 49.6 Å². The number of benzene rings is 1. The average molecular weight is 390 g/mol. The Labute approximate surface area is 166 Å². The van der Waals surface area contributed by atoms with E-state index in [1.165, 1.54) is 28.6 Å². The topological polar surface area (TPSA) is 70.5 Å². The molecule has 4 rings (SSSR count). The van der Waals surface area contributed by atoms with Gasteiger partial charge in [0.05, 0.1) is 5.57 Å². The lowest BCUT2D eigenvalue weighted by molar-refractivity contribution is -0.132. The van der Waals surface area contributed by atoms with Crippen LogP contribution in [0.3, 0.4) is 0 Å². The second-order valence-corrected chi connectivity index (χ2v) is 7.69. The number of pyridine rings is 1. The molecule has 3 aromatic rings. The van der Waals surface area contributed by atoms with Crippen molar-refractivity contribution in [2.75, 3.05) is 4.90 Å². The third kappa shape index (κ3) is 2.92. The largest absolute Gasteiger partial charge is 0.507 e. The maximum Gasteiger partial charge on any atom is 0.300 e. The van der Waals surface area contributed by atoms with Crippen molar-refractivity contribution < 1.29 is 14.7 Å². The summed E-state index contributed by atoms with van der Waals surface area (Å²) in [5, 5.41) is 12.8. The summed E-state index contributed by atoms with van der Waals surface area (Å²) in [6.07, 6.45) is 3.07. The Morgan fingerprint density at radius 3 is 2.50 bits per heavy atom. The SMILES string of the molecule is Cc1ccc(N2C(=O)C(=O)/C(=C(\O)c3ccncc3)C2c2cccs2)c(C)c1. The molecule has 6 heteroatoms. The van der Waals surface area contributed by atoms with Crippen molar-refractivity contribution in [1.82, 2.24) is 4.98 Å². The summed E-state index contributed by atoms with van der Waals surface area (Å²) in [5.74, 6) is -1.51. The van der Waals surface area contributed by atoms with Crippen LogP contribution >= 0.6 is 11.3 Å². The second-order valence-electron chi connectivity index (χ2n) is 6.71. The first-order valence-electron chi connectivity index (χ1n) is 8.81. The number of carbonyl (C=O) groups is 2. The van der Waals surface area contributed by atoms with E-state index < -0.39 is 17.7 Å². The van der Waals surface area contributed by atoms with E-state index in [2.05, 4.69) is 4.98 Å². The van der Waals surface area contributed by atoms with Crippen LogP contribution < -0.4 is 4.90 Å². The van der Waals surface area contributed by atoms with Crippen molar-refractivity contribution in [3.63, 3.8) is 0 Å². The van der Waals surface area contributed by atoms with E-state index in [1.54, 1.807) is 12.1 Å².